The van der Waals surface area contributed by atoms with E-state index < -0.39 is 29.9 Å². The molecule has 0 spiro atoms. The van der Waals surface area contributed by atoms with E-state index in [0.29, 0.717) is 37.3 Å². The highest BCUT2D eigenvalue weighted by molar-refractivity contribution is 6.12. The summed E-state index contributed by atoms with van der Waals surface area (Å²) in [6, 6.07) is 4.36. The second-order valence-electron chi connectivity index (χ2n) is 14.5. The van der Waals surface area contributed by atoms with Gasteiger partial charge >= 0.3 is 12.0 Å². The zero-order chi connectivity index (χ0) is 37.6. The Morgan fingerprint density at radius 2 is 1.58 bits per heavy atom. The van der Waals surface area contributed by atoms with Crippen LogP contribution < -0.4 is 27.0 Å². The molecule has 0 aromatic heterocycles. The number of nitrogens with two attached hydrogens (primary N) is 1. The van der Waals surface area contributed by atoms with Gasteiger partial charge < -0.3 is 31.7 Å². The van der Waals surface area contributed by atoms with Crippen molar-refractivity contribution in [3.63, 3.8) is 0 Å². The van der Waals surface area contributed by atoms with E-state index in [-0.39, 0.29) is 68.1 Å². The Balaban J connectivity index is 1.26. The summed E-state index contributed by atoms with van der Waals surface area (Å²) in [5.41, 5.74) is 6.44. The lowest BCUT2D eigenvalue weighted by Crippen LogP contribution is -2.54. The molecule has 284 valence electrons. The number of anilines is 1. The van der Waals surface area contributed by atoms with Gasteiger partial charge in [0.1, 0.15) is 18.7 Å². The van der Waals surface area contributed by atoms with Crippen molar-refractivity contribution in [2.24, 2.45) is 29.4 Å². The summed E-state index contributed by atoms with van der Waals surface area (Å²) in [6.45, 7) is 4.19. The van der Waals surface area contributed by atoms with Crippen LogP contribution >= 0.6 is 0 Å². The van der Waals surface area contributed by atoms with Gasteiger partial charge in [0.05, 0.1) is 5.92 Å². The topological polar surface area (TPSA) is 206 Å². The number of carbonyl (C=O) groups excluding carboxylic acids is 7. The summed E-state index contributed by atoms with van der Waals surface area (Å²) in [6.07, 6.45) is 11.4. The standard InChI is InChI=1S/C38H54N6O8/c1-24(2)34(43-31(45)12-4-3-7-20-44-32(46)17-18-33(44)47)36(49)42-30(11-8-19-40-38(39)51)35(48)41-29-15-13-25(14-16-29)23-52-37(50)27-10-6-5-9-26-21-28(26)22-27/h13-18,24,26-28,30,34H,3-12,19-23H2,1-2H3,(H,41,48)(H,42,49)(H,43,45)(H3,39,40,51)/t26?,27?,28?,30-,34-/m0/s1. The summed E-state index contributed by atoms with van der Waals surface area (Å²) in [5, 5.41) is 10.9. The molecule has 7 amide bonds. The first-order valence-corrected chi connectivity index (χ1v) is 18.6. The monoisotopic (exact) mass is 722 g/mol. The fourth-order valence-corrected chi connectivity index (χ4v) is 6.85. The van der Waals surface area contributed by atoms with E-state index in [9.17, 15) is 33.6 Å². The largest absolute Gasteiger partial charge is 0.461 e. The molecule has 0 radical (unpaired) electrons. The number of carbonyl (C=O) groups is 7. The van der Waals surface area contributed by atoms with Crippen molar-refractivity contribution in [1.82, 2.24) is 20.9 Å². The molecule has 1 aliphatic heterocycles. The number of nitrogens with zero attached hydrogens (tertiary/aromatic N) is 1. The van der Waals surface area contributed by atoms with E-state index in [0.717, 1.165) is 35.6 Å². The second-order valence-corrected chi connectivity index (χ2v) is 14.5. The molecular weight excluding hydrogens is 668 g/mol. The molecule has 5 atom stereocenters. The van der Waals surface area contributed by atoms with E-state index in [4.69, 9.17) is 10.5 Å². The highest BCUT2D eigenvalue weighted by atomic mass is 16.5. The predicted molar refractivity (Wildman–Crippen MR) is 193 cm³/mol. The number of unbranched alkanes of at least 4 members (excludes halogenated alkanes) is 2. The molecule has 1 aromatic carbocycles. The molecule has 14 nitrogen and oxygen atoms in total. The lowest BCUT2D eigenvalue weighted by Gasteiger charge is -2.25. The first-order valence-electron chi connectivity index (χ1n) is 18.6. The Morgan fingerprint density at radius 1 is 0.865 bits per heavy atom. The number of nitrogens with one attached hydrogen (secondary N) is 4. The molecule has 0 saturated heterocycles. The van der Waals surface area contributed by atoms with Crippen molar-refractivity contribution in [3.8, 4) is 0 Å². The van der Waals surface area contributed by atoms with Crippen LogP contribution in [0, 0.1) is 23.7 Å². The fourth-order valence-electron chi connectivity index (χ4n) is 6.85. The Bertz CT molecular complexity index is 1460. The highest BCUT2D eigenvalue weighted by Gasteiger charge is 2.40. The molecule has 3 unspecified atom stereocenters. The van der Waals surface area contributed by atoms with Gasteiger partial charge in [0.25, 0.3) is 11.8 Å². The molecule has 0 bridgehead atoms. The van der Waals surface area contributed by atoms with Crippen molar-refractivity contribution in [3.05, 3.63) is 42.0 Å². The maximum Gasteiger partial charge on any atom is 0.312 e. The third-order valence-corrected chi connectivity index (χ3v) is 10.0. The van der Waals surface area contributed by atoms with Crippen molar-refractivity contribution >= 4 is 47.2 Å². The summed E-state index contributed by atoms with van der Waals surface area (Å²) in [7, 11) is 0. The van der Waals surface area contributed by atoms with Crippen molar-refractivity contribution in [1.29, 1.82) is 0 Å². The van der Waals surface area contributed by atoms with Crippen LogP contribution in [0.4, 0.5) is 10.5 Å². The number of hydrogen-bond donors (Lipinski definition) is 5. The second kappa shape index (κ2) is 19.7. The van der Waals surface area contributed by atoms with Gasteiger partial charge in [0.2, 0.25) is 17.7 Å². The molecule has 6 N–H and O–H groups in total. The Kier molecular flexibility index (Phi) is 15.2. The van der Waals surface area contributed by atoms with E-state index >= 15 is 0 Å². The number of benzene rings is 1. The first-order chi connectivity index (χ1) is 24.9. The molecule has 1 heterocycles. The van der Waals surface area contributed by atoms with Gasteiger partial charge in [-0.05, 0) is 80.4 Å². The number of ether oxygens (including phenoxy) is 1. The third kappa shape index (κ3) is 12.8. The average Bonchev–Trinajstić information content (AvgIpc) is 3.74. The van der Waals surface area contributed by atoms with Crippen LogP contribution in [-0.2, 0) is 40.1 Å². The van der Waals surface area contributed by atoms with Crippen LogP contribution in [0.2, 0.25) is 0 Å². The normalized spacial score (nSPS) is 20.6. The lowest BCUT2D eigenvalue weighted by molar-refractivity contribution is -0.150. The van der Waals surface area contributed by atoms with Gasteiger partial charge in [-0.2, -0.15) is 0 Å². The predicted octanol–water partition coefficient (Wildman–Crippen LogP) is 3.44. The van der Waals surface area contributed by atoms with Crippen LogP contribution in [0.1, 0.15) is 96.5 Å². The summed E-state index contributed by atoms with van der Waals surface area (Å²) >= 11 is 0. The van der Waals surface area contributed by atoms with Crippen LogP contribution in [0.5, 0.6) is 0 Å². The number of rotatable bonds is 19. The summed E-state index contributed by atoms with van der Waals surface area (Å²) in [4.78, 5) is 88.2. The zero-order valence-corrected chi connectivity index (χ0v) is 30.3. The third-order valence-electron chi connectivity index (χ3n) is 10.0. The molecular formula is C38H54N6O8. The van der Waals surface area contributed by atoms with Crippen molar-refractivity contribution in [2.45, 2.75) is 110 Å². The smallest absolute Gasteiger partial charge is 0.312 e. The van der Waals surface area contributed by atoms with Gasteiger partial charge in [-0.15, -0.1) is 0 Å². The van der Waals surface area contributed by atoms with E-state index in [2.05, 4.69) is 21.3 Å². The first kappa shape index (κ1) is 40.0. The number of fused-ring (bicyclic) bond motifs is 1. The number of urea groups is 1. The van der Waals surface area contributed by atoms with Gasteiger partial charge in [-0.1, -0.05) is 51.7 Å². The van der Waals surface area contributed by atoms with Crippen LogP contribution in [0.15, 0.2) is 36.4 Å². The van der Waals surface area contributed by atoms with Crippen molar-refractivity contribution in [2.75, 3.05) is 18.4 Å². The van der Waals surface area contributed by atoms with Gasteiger partial charge in [0.15, 0.2) is 0 Å². The number of esters is 1. The van der Waals surface area contributed by atoms with Gasteiger partial charge in [-0.3, -0.25) is 33.7 Å². The average molecular weight is 723 g/mol. The van der Waals surface area contributed by atoms with Crippen molar-refractivity contribution < 1.29 is 38.3 Å². The number of amides is 7. The number of hydrogen-bond acceptors (Lipinski definition) is 8. The van der Waals surface area contributed by atoms with Crippen LogP contribution in [-0.4, -0.2) is 71.6 Å². The van der Waals surface area contributed by atoms with E-state index in [1.54, 1.807) is 38.1 Å². The number of primary amides is 1. The molecule has 2 saturated carbocycles. The van der Waals surface area contributed by atoms with Gasteiger partial charge in [-0.25, -0.2) is 4.79 Å². The SMILES string of the molecule is CC(C)[C@H](NC(=O)CCCCCN1C(=O)C=CC1=O)C(=O)N[C@@H](CCCNC(N)=O)C(=O)Nc1ccc(COC(=O)C2CCCCC3CC3C2)cc1. The molecule has 1 aromatic rings. The van der Waals surface area contributed by atoms with E-state index in [1.165, 1.54) is 31.4 Å². The summed E-state index contributed by atoms with van der Waals surface area (Å²) < 4.78 is 5.66. The number of imide groups is 1. The van der Waals surface area contributed by atoms with Crippen LogP contribution in [0.25, 0.3) is 0 Å². The molecule has 52 heavy (non-hydrogen) atoms. The lowest BCUT2D eigenvalue weighted by atomic mass is 9.91. The zero-order valence-electron chi connectivity index (χ0n) is 30.3. The maximum absolute atomic E-state index is 13.4. The highest BCUT2D eigenvalue weighted by Crippen LogP contribution is 2.48. The Labute approximate surface area is 305 Å². The minimum absolute atomic E-state index is 0.0431. The fraction of sp³-hybridized carbons (Fsp3) is 0.605. The molecule has 2 aliphatic carbocycles. The minimum Gasteiger partial charge on any atom is -0.461 e. The molecule has 2 fully saturated rings. The maximum atomic E-state index is 13.4. The minimum atomic E-state index is -0.985. The molecule has 14 heteroatoms. The Hall–Kier alpha value is -4.75. The Morgan fingerprint density at radius 3 is 2.27 bits per heavy atom. The molecule has 4 rings (SSSR count). The summed E-state index contributed by atoms with van der Waals surface area (Å²) in [5.74, 6) is -1.04. The van der Waals surface area contributed by atoms with Gasteiger partial charge in [0, 0.05) is 37.3 Å². The quantitative estimate of drug-likeness (QED) is 0.0811. The van der Waals surface area contributed by atoms with Crippen LogP contribution in [0.3, 0.4) is 0 Å². The van der Waals surface area contributed by atoms with E-state index in [1.807, 2.05) is 0 Å². The molecule has 3 aliphatic rings.